The summed E-state index contributed by atoms with van der Waals surface area (Å²) in [5.74, 6) is 6.77. The first kappa shape index (κ1) is 12.3. The van der Waals surface area contributed by atoms with Crippen LogP contribution in [0.3, 0.4) is 0 Å². The molecule has 1 unspecified atom stereocenters. The summed E-state index contributed by atoms with van der Waals surface area (Å²) in [6, 6.07) is 2.04. The number of aromatic nitrogens is 2. The van der Waals surface area contributed by atoms with Crippen LogP contribution in [0.5, 0.6) is 0 Å². The average Bonchev–Trinajstić information content (AvgIpc) is 2.37. The van der Waals surface area contributed by atoms with Gasteiger partial charge in [-0.25, -0.2) is 5.84 Å². The molecule has 0 fully saturated rings. The van der Waals surface area contributed by atoms with E-state index in [2.05, 4.69) is 36.4 Å². The van der Waals surface area contributed by atoms with Crippen LogP contribution in [0, 0.1) is 11.3 Å². The molecule has 1 atom stereocenters. The smallest absolute Gasteiger partial charge is 0.162 e. The maximum Gasteiger partial charge on any atom is 0.162 e. The molecule has 3 N–H and O–H groups in total. The summed E-state index contributed by atoms with van der Waals surface area (Å²) < 4.78 is 0. The fourth-order valence-corrected chi connectivity index (χ4v) is 2.55. The van der Waals surface area contributed by atoms with Crippen molar-refractivity contribution in [2.24, 2.45) is 17.2 Å². The molecule has 1 heterocycles. The van der Waals surface area contributed by atoms with Crippen molar-refractivity contribution in [1.29, 1.82) is 0 Å². The van der Waals surface area contributed by atoms with E-state index in [9.17, 15) is 0 Å². The number of nitrogen functional groups attached to an aromatic ring is 1. The highest BCUT2D eigenvalue weighted by atomic mass is 15.3. The molecule has 1 aromatic heterocycles. The predicted molar refractivity (Wildman–Crippen MR) is 69.4 cm³/mol. The number of nitrogens with zero attached hydrogens (tertiary/aromatic N) is 2. The number of rotatable bonds is 3. The van der Waals surface area contributed by atoms with Gasteiger partial charge in [-0.15, -0.1) is 5.10 Å². The molecule has 0 aromatic carbocycles. The van der Waals surface area contributed by atoms with E-state index < -0.39 is 0 Å². The van der Waals surface area contributed by atoms with Gasteiger partial charge in [0, 0.05) is 0 Å². The Morgan fingerprint density at radius 3 is 2.88 bits per heavy atom. The highest BCUT2D eigenvalue weighted by Crippen LogP contribution is 2.39. The number of nitrogens with two attached hydrogens (primary N) is 1. The molecule has 17 heavy (non-hydrogen) atoms. The lowest BCUT2D eigenvalue weighted by molar-refractivity contribution is 0.181. The van der Waals surface area contributed by atoms with Crippen LogP contribution in [-0.4, -0.2) is 10.2 Å². The summed E-state index contributed by atoms with van der Waals surface area (Å²) in [4.78, 5) is 0. The largest absolute Gasteiger partial charge is 0.307 e. The maximum absolute atomic E-state index is 5.38. The van der Waals surface area contributed by atoms with Crippen LogP contribution >= 0.6 is 0 Å². The van der Waals surface area contributed by atoms with Gasteiger partial charge in [0.25, 0.3) is 0 Å². The van der Waals surface area contributed by atoms with Crippen LogP contribution in [0.15, 0.2) is 6.07 Å². The van der Waals surface area contributed by atoms with Crippen molar-refractivity contribution in [3.8, 4) is 0 Å². The van der Waals surface area contributed by atoms with Gasteiger partial charge in [-0.05, 0) is 42.2 Å². The lowest BCUT2D eigenvalue weighted by atomic mass is 9.69. The van der Waals surface area contributed by atoms with Gasteiger partial charge in [-0.3, -0.25) is 0 Å². The van der Waals surface area contributed by atoms with Gasteiger partial charge < -0.3 is 5.43 Å². The first-order chi connectivity index (χ1) is 8.06. The van der Waals surface area contributed by atoms with Crippen molar-refractivity contribution in [3.63, 3.8) is 0 Å². The van der Waals surface area contributed by atoms with Crippen molar-refractivity contribution < 1.29 is 0 Å². The van der Waals surface area contributed by atoms with Crippen molar-refractivity contribution >= 4 is 5.82 Å². The zero-order valence-electron chi connectivity index (χ0n) is 11.0. The van der Waals surface area contributed by atoms with Crippen LogP contribution in [0.4, 0.5) is 5.82 Å². The van der Waals surface area contributed by atoms with E-state index in [1.54, 1.807) is 0 Å². The third-order valence-corrected chi connectivity index (χ3v) is 4.32. The van der Waals surface area contributed by atoms with E-state index in [0.717, 1.165) is 24.5 Å². The predicted octanol–water partition coefficient (Wildman–Crippen LogP) is 2.30. The Bertz CT molecular complexity index is 400. The Hall–Kier alpha value is -1.16. The summed E-state index contributed by atoms with van der Waals surface area (Å²) in [5.41, 5.74) is 5.43. The average molecular weight is 234 g/mol. The molecule has 0 radical (unpaired) electrons. The van der Waals surface area contributed by atoms with Gasteiger partial charge in [-0.1, -0.05) is 27.2 Å². The van der Waals surface area contributed by atoms with E-state index >= 15 is 0 Å². The van der Waals surface area contributed by atoms with Crippen LogP contribution < -0.4 is 11.3 Å². The van der Waals surface area contributed by atoms with Gasteiger partial charge in [0.1, 0.15) is 0 Å². The van der Waals surface area contributed by atoms with Gasteiger partial charge in [-0.2, -0.15) is 5.10 Å². The third kappa shape index (κ3) is 2.41. The number of fused-ring (bicyclic) bond motifs is 1. The number of aryl methyl sites for hydroxylation is 1. The minimum Gasteiger partial charge on any atom is -0.307 e. The van der Waals surface area contributed by atoms with Crippen LogP contribution in [0.1, 0.15) is 44.9 Å². The Labute approximate surface area is 103 Å². The van der Waals surface area contributed by atoms with Gasteiger partial charge in [0.05, 0.1) is 5.69 Å². The molecular weight excluding hydrogens is 212 g/mol. The van der Waals surface area contributed by atoms with E-state index in [1.807, 2.05) is 6.07 Å². The third-order valence-electron chi connectivity index (χ3n) is 4.32. The lowest BCUT2D eigenvalue weighted by Crippen LogP contribution is -2.29. The SMILES string of the molecule is CCC(C)(C)C1CCc2nnc(NN)cc2C1. The molecule has 1 aliphatic carbocycles. The first-order valence-corrected chi connectivity index (χ1v) is 6.39. The summed E-state index contributed by atoms with van der Waals surface area (Å²) in [7, 11) is 0. The zero-order chi connectivity index (χ0) is 12.5. The molecule has 0 bridgehead atoms. The Kier molecular flexibility index (Phi) is 3.33. The normalized spacial score (nSPS) is 19.9. The Balaban J connectivity index is 2.22. The van der Waals surface area contributed by atoms with Gasteiger partial charge >= 0.3 is 0 Å². The Morgan fingerprint density at radius 1 is 1.47 bits per heavy atom. The zero-order valence-corrected chi connectivity index (χ0v) is 11.0. The van der Waals surface area contributed by atoms with E-state index in [1.165, 1.54) is 18.4 Å². The summed E-state index contributed by atoms with van der Waals surface area (Å²) in [5, 5.41) is 8.27. The fraction of sp³-hybridized carbons (Fsp3) is 0.692. The summed E-state index contributed by atoms with van der Waals surface area (Å²) in [6.45, 7) is 6.99. The fourth-order valence-electron chi connectivity index (χ4n) is 2.55. The number of hydrogen-bond acceptors (Lipinski definition) is 4. The van der Waals surface area contributed by atoms with Crippen LogP contribution in [0.2, 0.25) is 0 Å². The molecule has 4 nitrogen and oxygen atoms in total. The molecule has 0 saturated carbocycles. The first-order valence-electron chi connectivity index (χ1n) is 6.39. The van der Waals surface area contributed by atoms with Crippen molar-refractivity contribution in [2.45, 2.75) is 46.5 Å². The number of anilines is 1. The minimum absolute atomic E-state index is 0.400. The van der Waals surface area contributed by atoms with Crippen LogP contribution in [0.25, 0.3) is 0 Å². The molecule has 4 heteroatoms. The minimum atomic E-state index is 0.400. The van der Waals surface area contributed by atoms with Crippen molar-refractivity contribution in [3.05, 3.63) is 17.3 Å². The standard InChI is InChI=1S/C13H22N4/c1-4-13(2,3)10-5-6-11-9(7-10)8-12(15-14)17-16-11/h8,10H,4-7,14H2,1-3H3,(H,15,17). The number of nitrogens with one attached hydrogen (secondary N) is 1. The van der Waals surface area contributed by atoms with Gasteiger partial charge in [0.15, 0.2) is 5.82 Å². The number of hydrazine groups is 1. The van der Waals surface area contributed by atoms with E-state index in [0.29, 0.717) is 11.2 Å². The lowest BCUT2D eigenvalue weighted by Gasteiger charge is -2.36. The van der Waals surface area contributed by atoms with E-state index in [4.69, 9.17) is 5.84 Å². The molecule has 0 saturated heterocycles. The quantitative estimate of drug-likeness (QED) is 0.622. The molecule has 0 aliphatic heterocycles. The maximum atomic E-state index is 5.38. The van der Waals surface area contributed by atoms with Crippen LogP contribution in [-0.2, 0) is 12.8 Å². The molecule has 94 valence electrons. The highest BCUT2D eigenvalue weighted by Gasteiger charge is 2.31. The summed E-state index contributed by atoms with van der Waals surface area (Å²) >= 11 is 0. The van der Waals surface area contributed by atoms with E-state index in [-0.39, 0.29) is 0 Å². The molecule has 0 spiro atoms. The number of hydrogen-bond donors (Lipinski definition) is 2. The van der Waals surface area contributed by atoms with Crippen molar-refractivity contribution in [1.82, 2.24) is 10.2 Å². The monoisotopic (exact) mass is 234 g/mol. The second-order valence-electron chi connectivity index (χ2n) is 5.63. The summed E-state index contributed by atoms with van der Waals surface area (Å²) in [6.07, 6.45) is 4.58. The highest BCUT2D eigenvalue weighted by molar-refractivity contribution is 5.38. The molecule has 1 aromatic rings. The second-order valence-corrected chi connectivity index (χ2v) is 5.63. The molecule has 0 amide bonds. The molecule has 2 rings (SSSR count). The molecule has 1 aliphatic rings. The van der Waals surface area contributed by atoms with Crippen molar-refractivity contribution in [2.75, 3.05) is 5.43 Å². The topological polar surface area (TPSA) is 63.8 Å². The second kappa shape index (κ2) is 4.61. The van der Waals surface area contributed by atoms with Gasteiger partial charge in [0.2, 0.25) is 0 Å². The Morgan fingerprint density at radius 2 is 2.24 bits per heavy atom. The molecular formula is C13H22N4.